The molecule has 1 aromatic rings. The van der Waals surface area contributed by atoms with Crippen LogP contribution in [0, 0.1) is 11.6 Å². The smallest absolute Gasteiger partial charge is 0.317 e. The van der Waals surface area contributed by atoms with Crippen LogP contribution in [0.2, 0.25) is 0 Å². The van der Waals surface area contributed by atoms with Gasteiger partial charge in [0.25, 0.3) is 0 Å². The Labute approximate surface area is 126 Å². The molecule has 8 heteroatoms. The number of anilines is 1. The lowest BCUT2D eigenvalue weighted by molar-refractivity contribution is -0.136. The minimum Gasteiger partial charge on any atom is -0.481 e. The van der Waals surface area contributed by atoms with Crippen molar-refractivity contribution in [3.8, 4) is 0 Å². The monoisotopic (exact) mass is 313 g/mol. The van der Waals surface area contributed by atoms with Crippen molar-refractivity contribution in [2.45, 2.75) is 6.42 Å². The Kier molecular flexibility index (Phi) is 5.13. The minimum absolute atomic E-state index is 0.0624. The SMILES string of the molecule is O=C(O)CCNC(=O)N1CCN(c2cccc(F)c2F)CC1. The van der Waals surface area contributed by atoms with E-state index in [-0.39, 0.29) is 24.7 Å². The average molecular weight is 313 g/mol. The molecule has 0 atom stereocenters. The summed E-state index contributed by atoms with van der Waals surface area (Å²) in [6.07, 6.45) is -0.139. The maximum atomic E-state index is 13.7. The number of piperazine rings is 1. The van der Waals surface area contributed by atoms with E-state index in [0.717, 1.165) is 6.07 Å². The molecule has 1 saturated heterocycles. The molecular formula is C14H17F2N3O3. The van der Waals surface area contributed by atoms with E-state index >= 15 is 0 Å². The van der Waals surface area contributed by atoms with Gasteiger partial charge in [-0.1, -0.05) is 6.07 Å². The second kappa shape index (κ2) is 7.06. The zero-order valence-corrected chi connectivity index (χ0v) is 11.9. The fourth-order valence-corrected chi connectivity index (χ4v) is 2.28. The first-order valence-electron chi connectivity index (χ1n) is 6.92. The van der Waals surface area contributed by atoms with E-state index in [2.05, 4.69) is 5.32 Å². The van der Waals surface area contributed by atoms with Gasteiger partial charge in [-0.25, -0.2) is 13.6 Å². The second-order valence-corrected chi connectivity index (χ2v) is 4.92. The van der Waals surface area contributed by atoms with Crippen LogP contribution < -0.4 is 10.2 Å². The molecule has 2 rings (SSSR count). The lowest BCUT2D eigenvalue weighted by Gasteiger charge is -2.36. The zero-order valence-electron chi connectivity index (χ0n) is 11.9. The first kappa shape index (κ1) is 16.0. The van der Waals surface area contributed by atoms with Gasteiger partial charge in [0.05, 0.1) is 12.1 Å². The maximum absolute atomic E-state index is 13.7. The lowest BCUT2D eigenvalue weighted by Crippen LogP contribution is -2.52. The summed E-state index contributed by atoms with van der Waals surface area (Å²) in [7, 11) is 0. The topological polar surface area (TPSA) is 72.9 Å². The number of rotatable bonds is 4. The summed E-state index contributed by atoms with van der Waals surface area (Å²) in [5, 5.41) is 11.0. The molecule has 2 amide bonds. The summed E-state index contributed by atoms with van der Waals surface area (Å²) >= 11 is 0. The van der Waals surface area contributed by atoms with Crippen molar-refractivity contribution in [2.75, 3.05) is 37.6 Å². The fraction of sp³-hybridized carbons (Fsp3) is 0.429. The second-order valence-electron chi connectivity index (χ2n) is 4.92. The molecular weight excluding hydrogens is 296 g/mol. The standard InChI is InChI=1S/C14H17F2N3O3/c15-10-2-1-3-11(13(10)16)18-6-8-19(9-7-18)14(22)17-5-4-12(20)21/h1-3H,4-9H2,(H,17,22)(H,20,21). The van der Waals surface area contributed by atoms with Crippen molar-refractivity contribution in [1.82, 2.24) is 10.2 Å². The minimum atomic E-state index is -0.980. The normalized spacial score (nSPS) is 14.8. The molecule has 0 aromatic heterocycles. The lowest BCUT2D eigenvalue weighted by atomic mass is 10.2. The van der Waals surface area contributed by atoms with Gasteiger partial charge in [0.2, 0.25) is 0 Å². The van der Waals surface area contributed by atoms with Crippen molar-refractivity contribution in [3.63, 3.8) is 0 Å². The fourth-order valence-electron chi connectivity index (χ4n) is 2.28. The number of hydrogen-bond acceptors (Lipinski definition) is 3. The van der Waals surface area contributed by atoms with Gasteiger partial charge in [0.15, 0.2) is 11.6 Å². The van der Waals surface area contributed by atoms with E-state index in [1.165, 1.54) is 17.0 Å². The number of aliphatic carboxylic acids is 1. The Balaban J connectivity index is 1.86. The van der Waals surface area contributed by atoms with Crippen LogP contribution in [0.1, 0.15) is 6.42 Å². The van der Waals surface area contributed by atoms with Gasteiger partial charge in [-0.15, -0.1) is 0 Å². The molecule has 0 spiro atoms. The van der Waals surface area contributed by atoms with Crippen molar-refractivity contribution >= 4 is 17.7 Å². The van der Waals surface area contributed by atoms with E-state index in [1.54, 1.807) is 4.90 Å². The molecule has 0 radical (unpaired) electrons. The predicted octanol–water partition coefficient (Wildman–Crippen LogP) is 1.27. The molecule has 0 saturated carbocycles. The third kappa shape index (κ3) is 3.84. The first-order chi connectivity index (χ1) is 10.5. The number of carboxylic acids is 1. The Morgan fingerprint density at radius 2 is 1.86 bits per heavy atom. The third-order valence-corrected chi connectivity index (χ3v) is 3.45. The summed E-state index contributed by atoms with van der Waals surface area (Å²) in [4.78, 5) is 25.4. The number of benzene rings is 1. The Morgan fingerprint density at radius 1 is 1.18 bits per heavy atom. The molecule has 2 N–H and O–H groups in total. The van der Waals surface area contributed by atoms with Crippen molar-refractivity contribution in [2.24, 2.45) is 0 Å². The van der Waals surface area contributed by atoms with Gasteiger partial charge in [-0.2, -0.15) is 0 Å². The van der Waals surface area contributed by atoms with Gasteiger partial charge < -0.3 is 20.2 Å². The molecule has 0 unspecified atom stereocenters. The van der Waals surface area contributed by atoms with Crippen LogP contribution in [0.15, 0.2) is 18.2 Å². The number of carbonyl (C=O) groups excluding carboxylic acids is 1. The number of nitrogens with zero attached hydrogens (tertiary/aromatic N) is 2. The predicted molar refractivity (Wildman–Crippen MR) is 75.8 cm³/mol. The molecule has 1 heterocycles. The van der Waals surface area contributed by atoms with Crippen molar-refractivity contribution < 1.29 is 23.5 Å². The molecule has 1 aliphatic rings. The molecule has 0 aliphatic carbocycles. The Bertz CT molecular complexity index is 560. The largest absolute Gasteiger partial charge is 0.481 e. The Morgan fingerprint density at radius 3 is 2.50 bits per heavy atom. The summed E-state index contributed by atoms with van der Waals surface area (Å²) in [5.41, 5.74) is 0.186. The van der Waals surface area contributed by atoms with Gasteiger partial charge >= 0.3 is 12.0 Å². The highest BCUT2D eigenvalue weighted by Gasteiger charge is 2.23. The molecule has 1 fully saturated rings. The van der Waals surface area contributed by atoms with Gasteiger partial charge in [0.1, 0.15) is 0 Å². The number of carboxylic acid groups (broad SMARTS) is 1. The zero-order chi connectivity index (χ0) is 16.1. The van der Waals surface area contributed by atoms with E-state index in [1.807, 2.05) is 0 Å². The van der Waals surface area contributed by atoms with E-state index < -0.39 is 17.6 Å². The number of amides is 2. The highest BCUT2D eigenvalue weighted by molar-refractivity contribution is 5.75. The molecule has 120 valence electrons. The van der Waals surface area contributed by atoms with E-state index in [0.29, 0.717) is 26.2 Å². The molecule has 6 nitrogen and oxygen atoms in total. The quantitative estimate of drug-likeness (QED) is 0.878. The Hall–Kier alpha value is -2.38. The van der Waals surface area contributed by atoms with Crippen LogP contribution in [-0.2, 0) is 4.79 Å². The molecule has 1 aromatic carbocycles. The highest BCUT2D eigenvalue weighted by Crippen LogP contribution is 2.22. The average Bonchev–Trinajstić information content (AvgIpc) is 2.50. The first-order valence-corrected chi connectivity index (χ1v) is 6.92. The highest BCUT2D eigenvalue weighted by atomic mass is 19.2. The number of carbonyl (C=O) groups is 2. The van der Waals surface area contributed by atoms with Gasteiger partial charge in [0, 0.05) is 32.7 Å². The van der Waals surface area contributed by atoms with Crippen LogP contribution >= 0.6 is 0 Å². The molecule has 22 heavy (non-hydrogen) atoms. The number of halogens is 2. The van der Waals surface area contributed by atoms with Crippen molar-refractivity contribution in [1.29, 1.82) is 0 Å². The van der Waals surface area contributed by atoms with E-state index in [4.69, 9.17) is 5.11 Å². The van der Waals surface area contributed by atoms with Crippen LogP contribution in [0.3, 0.4) is 0 Å². The number of nitrogens with one attached hydrogen (secondary N) is 1. The molecule has 1 aliphatic heterocycles. The van der Waals surface area contributed by atoms with Gasteiger partial charge in [-0.05, 0) is 12.1 Å². The third-order valence-electron chi connectivity index (χ3n) is 3.45. The van der Waals surface area contributed by atoms with Crippen LogP contribution in [0.4, 0.5) is 19.3 Å². The summed E-state index contributed by atoms with van der Waals surface area (Å²) < 4.78 is 26.9. The number of urea groups is 1. The number of hydrogen-bond donors (Lipinski definition) is 2. The summed E-state index contributed by atoms with van der Waals surface area (Å²) in [6.45, 7) is 1.54. The van der Waals surface area contributed by atoms with Gasteiger partial charge in [-0.3, -0.25) is 4.79 Å². The maximum Gasteiger partial charge on any atom is 0.317 e. The van der Waals surface area contributed by atoms with E-state index in [9.17, 15) is 18.4 Å². The molecule has 0 bridgehead atoms. The summed E-state index contributed by atoms with van der Waals surface area (Å²) in [5.74, 6) is -2.76. The van der Waals surface area contributed by atoms with Crippen LogP contribution in [0.25, 0.3) is 0 Å². The summed E-state index contributed by atoms with van der Waals surface area (Å²) in [6, 6.07) is 3.66. The van der Waals surface area contributed by atoms with Crippen LogP contribution in [-0.4, -0.2) is 54.7 Å². The van der Waals surface area contributed by atoms with Crippen LogP contribution in [0.5, 0.6) is 0 Å². The van der Waals surface area contributed by atoms with Crippen molar-refractivity contribution in [3.05, 3.63) is 29.8 Å².